The molecule has 115 valence electrons. The quantitative estimate of drug-likeness (QED) is 0.218. The first-order chi connectivity index (χ1) is 8.37. The minimum absolute atomic E-state index is 0. The number of nitrogens with two attached hydrogens (primary N) is 4. The minimum Gasteiger partial charge on any atom is -0.454 e. The van der Waals surface area contributed by atoms with Gasteiger partial charge < -0.3 is 41.1 Å². The number of nitrogens with one attached hydrogen (secondary N) is 2. The summed E-state index contributed by atoms with van der Waals surface area (Å²) in [6.07, 6.45) is 0. The van der Waals surface area contributed by atoms with Crippen LogP contribution in [0.25, 0.3) is 5.73 Å². The van der Waals surface area contributed by atoms with Crippen molar-refractivity contribution < 1.29 is 32.7 Å². The molecule has 0 heterocycles. The summed E-state index contributed by atoms with van der Waals surface area (Å²) >= 11 is 0. The first kappa shape index (κ1) is 27.0. The molecule has 0 fully saturated rings. The van der Waals surface area contributed by atoms with Gasteiger partial charge in [-0.25, -0.2) is 0 Å². The van der Waals surface area contributed by atoms with E-state index in [-0.39, 0.29) is 58.0 Å². The van der Waals surface area contributed by atoms with E-state index in [1.807, 2.05) is 6.92 Å². The number of hydrogen-bond donors (Lipinski definition) is 5. The second-order valence-electron chi connectivity index (χ2n) is 2.67. The first-order valence-electron chi connectivity index (χ1n) is 4.94. The molecule has 0 aliphatic heterocycles. The molecule has 0 aromatic rings. The smallest absolute Gasteiger partial charge is 0.195 e. The Balaban J connectivity index is -0.000000119. The van der Waals surface area contributed by atoms with E-state index < -0.39 is 0 Å². The fraction of sp³-hybridized carbons (Fsp3) is 0.444. The van der Waals surface area contributed by atoms with Crippen molar-refractivity contribution in [3.63, 3.8) is 0 Å². The van der Waals surface area contributed by atoms with Crippen LogP contribution >= 0.6 is 0 Å². The molecule has 0 aliphatic carbocycles. The van der Waals surface area contributed by atoms with Crippen molar-refractivity contribution in [3.05, 3.63) is 13.2 Å². The summed E-state index contributed by atoms with van der Waals surface area (Å²) in [6, 6.07) is 0. The van der Waals surface area contributed by atoms with Crippen molar-refractivity contribution in [2.24, 2.45) is 42.9 Å². The average molecular weight is 361 g/mol. The summed E-state index contributed by atoms with van der Waals surface area (Å²) in [6.45, 7) is 2.52. The third-order valence-corrected chi connectivity index (χ3v) is 1.29. The fourth-order valence-corrected chi connectivity index (χ4v) is 0.570. The summed E-state index contributed by atoms with van der Waals surface area (Å²) in [4.78, 5) is 14.2. The topological polar surface area (TPSA) is 189 Å². The van der Waals surface area contributed by atoms with Crippen LogP contribution in [0, 0.1) is 7.43 Å². The number of hydrogen-bond acceptors (Lipinski definition) is 3. The summed E-state index contributed by atoms with van der Waals surface area (Å²) < 4.78 is 0. The molecule has 10 N–H and O–H groups in total. The standard InChI is InChI=1S/C5H13N5.C3H8N5.CH3.Y/c1-3-9-5(7)10-4(6)8-2;1-7-3(6)8-2(4)5;;/h3H2,1-2H3,(H5,6,7,8,9,10);1H3,(H5-,4,5,6,7,8);1H3;/q;2*-1;. The van der Waals surface area contributed by atoms with Crippen molar-refractivity contribution in [3.8, 4) is 0 Å². The maximum absolute atomic E-state index is 6.58. The Labute approximate surface area is 145 Å². The van der Waals surface area contributed by atoms with Crippen LogP contribution in [0.5, 0.6) is 0 Å². The van der Waals surface area contributed by atoms with Crippen molar-refractivity contribution >= 4 is 23.8 Å². The zero-order valence-electron chi connectivity index (χ0n) is 12.4. The van der Waals surface area contributed by atoms with E-state index in [0.29, 0.717) is 12.5 Å². The van der Waals surface area contributed by atoms with E-state index >= 15 is 0 Å². The second kappa shape index (κ2) is 17.6. The molecule has 0 aromatic carbocycles. The van der Waals surface area contributed by atoms with E-state index in [1.54, 1.807) is 7.05 Å². The molecular weight excluding hydrogens is 337 g/mol. The van der Waals surface area contributed by atoms with Crippen LogP contribution in [-0.2, 0) is 32.7 Å². The van der Waals surface area contributed by atoms with Crippen LogP contribution < -0.4 is 28.3 Å². The largest absolute Gasteiger partial charge is 0.454 e. The van der Waals surface area contributed by atoms with Crippen LogP contribution in [-0.4, -0.2) is 44.5 Å². The van der Waals surface area contributed by atoms with Gasteiger partial charge in [-0.1, -0.05) is 0 Å². The SMILES string of the molecule is CCN=C(N)NC(N)=NC.CN=C(N)N=C([NH-])N.[CH3-].[Y]. The second-order valence-corrected chi connectivity index (χ2v) is 2.67. The number of guanidine groups is 4. The Kier molecular flexibility index (Phi) is 23.8. The normalized spacial score (nSPS) is 12.3. The molecular formula is C9H24N10Y-2. The Morgan fingerprint density at radius 1 is 1.05 bits per heavy atom. The third kappa shape index (κ3) is 21.8. The van der Waals surface area contributed by atoms with Crippen LogP contribution in [0.4, 0.5) is 0 Å². The molecule has 0 atom stereocenters. The van der Waals surface area contributed by atoms with E-state index in [1.165, 1.54) is 7.05 Å². The molecule has 0 aromatic heterocycles. The van der Waals surface area contributed by atoms with Crippen LogP contribution in [0.15, 0.2) is 20.0 Å². The van der Waals surface area contributed by atoms with Gasteiger partial charge in [-0.2, -0.15) is 0 Å². The van der Waals surface area contributed by atoms with Crippen LogP contribution in [0.3, 0.4) is 0 Å². The molecule has 0 saturated heterocycles. The van der Waals surface area contributed by atoms with Gasteiger partial charge in [0.15, 0.2) is 11.9 Å². The maximum atomic E-state index is 6.58. The molecule has 1 radical (unpaired) electrons. The Bertz CT molecular complexity index is 343. The van der Waals surface area contributed by atoms with E-state index in [0.717, 1.165) is 0 Å². The van der Waals surface area contributed by atoms with Crippen molar-refractivity contribution in [1.82, 2.24) is 5.32 Å². The van der Waals surface area contributed by atoms with Crippen LogP contribution in [0.1, 0.15) is 6.92 Å². The summed E-state index contributed by atoms with van der Waals surface area (Å²) in [5.41, 5.74) is 27.1. The molecule has 0 saturated carbocycles. The van der Waals surface area contributed by atoms with Gasteiger partial charge >= 0.3 is 0 Å². The average Bonchev–Trinajstić information content (AvgIpc) is 2.29. The summed E-state index contributed by atoms with van der Waals surface area (Å²) in [7, 11) is 3.04. The van der Waals surface area contributed by atoms with Gasteiger partial charge in [-0.05, 0) is 6.92 Å². The van der Waals surface area contributed by atoms with Crippen molar-refractivity contribution in [1.29, 1.82) is 0 Å². The van der Waals surface area contributed by atoms with Gasteiger partial charge in [0.2, 0.25) is 0 Å². The molecule has 11 heteroatoms. The summed E-state index contributed by atoms with van der Waals surface area (Å²) in [5, 5.41) is 2.59. The maximum Gasteiger partial charge on any atom is 0.195 e. The van der Waals surface area contributed by atoms with Gasteiger partial charge in [-0.3, -0.25) is 20.3 Å². The Morgan fingerprint density at radius 3 is 1.80 bits per heavy atom. The molecule has 0 bridgehead atoms. The predicted octanol–water partition coefficient (Wildman–Crippen LogP) is -1.40. The molecule has 0 rings (SSSR count). The van der Waals surface area contributed by atoms with Crippen molar-refractivity contribution in [2.75, 3.05) is 20.6 Å². The molecule has 10 nitrogen and oxygen atoms in total. The monoisotopic (exact) mass is 361 g/mol. The molecule has 0 unspecified atom stereocenters. The van der Waals surface area contributed by atoms with Gasteiger partial charge in [-0.15, -0.1) is 0 Å². The van der Waals surface area contributed by atoms with E-state index in [2.05, 4.69) is 25.3 Å². The molecule has 0 aliphatic rings. The fourth-order valence-electron chi connectivity index (χ4n) is 0.570. The predicted molar refractivity (Wildman–Crippen MR) is 82.8 cm³/mol. The van der Waals surface area contributed by atoms with Gasteiger partial charge in [0.25, 0.3) is 0 Å². The number of nitrogens with zero attached hydrogens (tertiary/aromatic N) is 4. The summed E-state index contributed by atoms with van der Waals surface area (Å²) in [5.74, 6) is 0.269. The van der Waals surface area contributed by atoms with Crippen molar-refractivity contribution in [2.45, 2.75) is 6.92 Å². The van der Waals surface area contributed by atoms with Gasteiger partial charge in [0.1, 0.15) is 5.96 Å². The minimum atomic E-state index is -0.326. The molecule has 0 amide bonds. The zero-order valence-corrected chi connectivity index (χ0v) is 15.2. The molecule has 0 spiro atoms. The first-order valence-corrected chi connectivity index (χ1v) is 4.94. The third-order valence-electron chi connectivity index (χ3n) is 1.29. The van der Waals surface area contributed by atoms with E-state index in [9.17, 15) is 0 Å². The van der Waals surface area contributed by atoms with E-state index in [4.69, 9.17) is 28.7 Å². The number of rotatable bonds is 1. The Hall–Kier alpha value is -1.42. The Morgan fingerprint density at radius 2 is 1.55 bits per heavy atom. The van der Waals surface area contributed by atoms with Gasteiger partial charge in [0, 0.05) is 59.3 Å². The zero-order chi connectivity index (χ0) is 14.6. The van der Waals surface area contributed by atoms with Crippen LogP contribution in [0.2, 0.25) is 0 Å². The number of aliphatic imine (C=N–C) groups is 4. The van der Waals surface area contributed by atoms with Gasteiger partial charge in [0.05, 0.1) is 0 Å². The molecule has 20 heavy (non-hydrogen) atoms.